The second-order valence-corrected chi connectivity index (χ2v) is 14.7. The second kappa shape index (κ2) is 14.5. The number of rotatable bonds is 7. The topological polar surface area (TPSA) is 86.6 Å². The van der Waals surface area contributed by atoms with Gasteiger partial charge in [0.1, 0.15) is 11.5 Å². The fraction of sp³-hybridized carbons (Fsp3) is 0.0588. The monoisotopic (exact) mass is 748 g/mol. The van der Waals surface area contributed by atoms with E-state index in [1.165, 1.54) is 0 Å². The van der Waals surface area contributed by atoms with Crippen molar-refractivity contribution in [1.29, 1.82) is 0 Å². The minimum atomic E-state index is -0.409. The molecule has 3 heterocycles. The molecule has 7 heteroatoms. The van der Waals surface area contributed by atoms with Gasteiger partial charge in [-0.15, -0.1) is 0 Å². The van der Waals surface area contributed by atoms with Gasteiger partial charge in [0.2, 0.25) is 0 Å². The molecule has 0 amide bonds. The highest BCUT2D eigenvalue weighted by Crippen LogP contribution is 2.53. The lowest BCUT2D eigenvalue weighted by Gasteiger charge is -2.36. The predicted octanol–water partition coefficient (Wildman–Crippen LogP) is 12.2. The summed E-state index contributed by atoms with van der Waals surface area (Å²) in [6.07, 6.45) is 0. The number of ether oxygens (including phenoxy) is 1. The van der Waals surface area contributed by atoms with Crippen LogP contribution in [-0.4, -0.2) is 29.9 Å². The van der Waals surface area contributed by atoms with Crippen molar-refractivity contribution in [2.24, 2.45) is 0 Å². The van der Waals surface area contributed by atoms with E-state index in [-0.39, 0.29) is 0 Å². The van der Waals surface area contributed by atoms with E-state index in [9.17, 15) is 0 Å². The van der Waals surface area contributed by atoms with Gasteiger partial charge in [0.15, 0.2) is 34.9 Å². The number of hydrogen-bond donors (Lipinski definition) is 0. The van der Waals surface area contributed by atoms with Crippen LogP contribution in [0.5, 0.6) is 11.5 Å². The highest BCUT2D eigenvalue weighted by Gasteiger charge is 2.37. The molecule has 0 saturated carbocycles. The Morgan fingerprint density at radius 3 is 1.09 bits per heavy atom. The maximum atomic E-state index is 7.13. The summed E-state index contributed by atoms with van der Waals surface area (Å²) in [6, 6.07) is 61.1. The Kier molecular flexibility index (Phi) is 8.68. The highest BCUT2D eigenvalue weighted by atomic mass is 16.5. The summed E-state index contributed by atoms with van der Waals surface area (Å²) < 4.78 is 7.13. The smallest absolute Gasteiger partial charge is 0.167 e. The molecule has 0 spiro atoms. The van der Waals surface area contributed by atoms with Gasteiger partial charge in [0.25, 0.3) is 0 Å². The van der Waals surface area contributed by atoms with Gasteiger partial charge in [-0.3, -0.25) is 0 Å². The van der Waals surface area contributed by atoms with Crippen molar-refractivity contribution in [2.45, 2.75) is 19.3 Å². The van der Waals surface area contributed by atoms with Crippen molar-refractivity contribution in [2.75, 3.05) is 0 Å². The zero-order valence-corrected chi connectivity index (χ0v) is 31.9. The number of para-hydroxylation sites is 2. The van der Waals surface area contributed by atoms with Crippen LogP contribution in [0, 0.1) is 0 Å². The first-order valence-corrected chi connectivity index (χ1v) is 19.3. The molecular formula is C51H36N6O. The second-order valence-electron chi connectivity index (χ2n) is 14.7. The van der Waals surface area contributed by atoms with E-state index in [1.54, 1.807) is 0 Å². The quantitative estimate of drug-likeness (QED) is 0.160. The Balaban J connectivity index is 1.10. The Morgan fingerprint density at radius 2 is 0.638 bits per heavy atom. The molecule has 0 radical (unpaired) electrons. The summed E-state index contributed by atoms with van der Waals surface area (Å²) in [6.45, 7) is 4.49. The Hall–Kier alpha value is -7.64. The minimum Gasteiger partial charge on any atom is -0.455 e. The average molecular weight is 749 g/mol. The van der Waals surface area contributed by atoms with Crippen LogP contribution in [0.15, 0.2) is 182 Å². The molecule has 276 valence electrons. The summed E-state index contributed by atoms with van der Waals surface area (Å²) in [5.41, 5.74) is 9.00. The zero-order chi connectivity index (χ0) is 39.1. The molecule has 0 N–H and O–H groups in total. The average Bonchev–Trinajstić information content (AvgIpc) is 3.29. The summed E-state index contributed by atoms with van der Waals surface area (Å²) in [5, 5.41) is 0. The molecule has 1 aliphatic heterocycles. The molecular weight excluding hydrogens is 713 g/mol. The first-order chi connectivity index (χ1) is 28.5. The van der Waals surface area contributed by atoms with Gasteiger partial charge < -0.3 is 4.74 Å². The third-order valence-corrected chi connectivity index (χ3v) is 10.7. The number of benzene rings is 7. The lowest BCUT2D eigenvalue weighted by molar-refractivity contribution is 0.421. The molecule has 10 rings (SSSR count). The summed E-state index contributed by atoms with van der Waals surface area (Å²) in [5.74, 6) is 5.07. The van der Waals surface area contributed by atoms with Crippen molar-refractivity contribution in [3.05, 3.63) is 193 Å². The van der Waals surface area contributed by atoms with E-state index in [2.05, 4.69) is 56.3 Å². The van der Waals surface area contributed by atoms with E-state index >= 15 is 0 Å². The SMILES string of the molecule is CC1(C)c2cccc(-c3cccc(-c4nc(-c5ccccc5)nc(-c5ccccc5)n4)c3)c2Oc2c(-c3nc(-c4ccccc4)nc(-c4ccccc4)n3)cccc21. The molecule has 9 aromatic rings. The molecule has 0 saturated heterocycles. The van der Waals surface area contributed by atoms with E-state index in [4.69, 9.17) is 34.6 Å². The highest BCUT2D eigenvalue weighted by molar-refractivity contribution is 5.82. The first-order valence-electron chi connectivity index (χ1n) is 19.3. The maximum Gasteiger partial charge on any atom is 0.167 e. The van der Waals surface area contributed by atoms with E-state index < -0.39 is 5.41 Å². The van der Waals surface area contributed by atoms with Crippen LogP contribution in [0.2, 0.25) is 0 Å². The van der Waals surface area contributed by atoms with E-state index in [0.29, 0.717) is 34.9 Å². The van der Waals surface area contributed by atoms with Crippen LogP contribution in [-0.2, 0) is 5.41 Å². The van der Waals surface area contributed by atoms with Gasteiger partial charge in [0.05, 0.1) is 5.56 Å². The van der Waals surface area contributed by atoms with Crippen molar-refractivity contribution in [1.82, 2.24) is 29.9 Å². The third-order valence-electron chi connectivity index (χ3n) is 10.7. The van der Waals surface area contributed by atoms with Gasteiger partial charge in [-0.25, -0.2) is 29.9 Å². The van der Waals surface area contributed by atoms with Gasteiger partial charge in [-0.2, -0.15) is 0 Å². The van der Waals surface area contributed by atoms with Gasteiger partial charge >= 0.3 is 0 Å². The largest absolute Gasteiger partial charge is 0.455 e. The summed E-state index contributed by atoms with van der Waals surface area (Å²) in [4.78, 5) is 30.0. The molecule has 58 heavy (non-hydrogen) atoms. The number of nitrogens with zero attached hydrogens (tertiary/aromatic N) is 6. The van der Waals surface area contributed by atoms with Crippen LogP contribution >= 0.6 is 0 Å². The van der Waals surface area contributed by atoms with Gasteiger partial charge in [0, 0.05) is 49.9 Å². The predicted molar refractivity (Wildman–Crippen MR) is 230 cm³/mol. The normalized spacial score (nSPS) is 12.6. The van der Waals surface area contributed by atoms with Crippen molar-refractivity contribution in [3.63, 3.8) is 0 Å². The van der Waals surface area contributed by atoms with Crippen LogP contribution < -0.4 is 4.74 Å². The zero-order valence-electron chi connectivity index (χ0n) is 31.9. The molecule has 0 aliphatic carbocycles. The van der Waals surface area contributed by atoms with E-state index in [0.717, 1.165) is 67.1 Å². The lowest BCUT2D eigenvalue weighted by Crippen LogP contribution is -2.25. The summed E-state index contributed by atoms with van der Waals surface area (Å²) in [7, 11) is 0. The van der Waals surface area contributed by atoms with Crippen molar-refractivity contribution < 1.29 is 4.74 Å². The van der Waals surface area contributed by atoms with Crippen molar-refractivity contribution in [3.8, 4) is 91.0 Å². The molecule has 0 unspecified atom stereocenters. The molecule has 7 nitrogen and oxygen atoms in total. The van der Waals surface area contributed by atoms with Crippen LogP contribution in [0.3, 0.4) is 0 Å². The van der Waals surface area contributed by atoms with Crippen molar-refractivity contribution >= 4 is 0 Å². The molecule has 7 aromatic carbocycles. The van der Waals surface area contributed by atoms with E-state index in [1.807, 2.05) is 140 Å². The third kappa shape index (κ3) is 6.38. The maximum absolute atomic E-state index is 7.13. The Labute approximate surface area is 336 Å². The van der Waals surface area contributed by atoms with Crippen LogP contribution in [0.25, 0.3) is 79.5 Å². The Bertz CT molecular complexity index is 2820. The number of aromatic nitrogens is 6. The standard InChI is InChI=1S/C51H36N6O/c1-51(2)41-30-16-28-39(37-26-15-27-38(32-37)49-54-45(33-18-7-3-8-19-33)52-46(55-49)34-20-9-4-10-21-34)43(41)58-44-40(29-17-31-42(44)51)50-56-47(35-22-11-5-12-23-35)53-48(57-50)36-24-13-6-14-25-36/h3-32H,1-2H3. The van der Waals surface area contributed by atoms with Crippen LogP contribution in [0.1, 0.15) is 25.0 Å². The van der Waals surface area contributed by atoms with Gasteiger partial charge in [-0.1, -0.05) is 184 Å². The first kappa shape index (κ1) is 34.8. The minimum absolute atomic E-state index is 0.409. The molecule has 0 bridgehead atoms. The van der Waals surface area contributed by atoms with Crippen LogP contribution in [0.4, 0.5) is 0 Å². The number of hydrogen-bond acceptors (Lipinski definition) is 7. The summed E-state index contributed by atoms with van der Waals surface area (Å²) >= 11 is 0. The molecule has 0 fully saturated rings. The Morgan fingerprint density at radius 1 is 0.310 bits per heavy atom. The lowest BCUT2D eigenvalue weighted by atomic mass is 9.74. The number of fused-ring (bicyclic) bond motifs is 2. The molecule has 1 aliphatic rings. The van der Waals surface area contributed by atoms with Gasteiger partial charge in [-0.05, 0) is 17.7 Å². The molecule has 0 atom stereocenters. The molecule has 2 aromatic heterocycles. The fourth-order valence-electron chi connectivity index (χ4n) is 7.62. The fourth-order valence-corrected chi connectivity index (χ4v) is 7.62.